The van der Waals surface area contributed by atoms with E-state index in [0.29, 0.717) is 39.1 Å². The van der Waals surface area contributed by atoms with Crippen LogP contribution in [0.2, 0.25) is 0 Å². The molecule has 1 aromatic carbocycles. The van der Waals surface area contributed by atoms with Crippen LogP contribution in [0.1, 0.15) is 32.8 Å². The lowest BCUT2D eigenvalue weighted by atomic mass is 10.1. The number of amides is 2. The summed E-state index contributed by atoms with van der Waals surface area (Å²) in [5.41, 5.74) is 0.295. The first kappa shape index (κ1) is 23.8. The lowest BCUT2D eigenvalue weighted by Gasteiger charge is -2.37. The average Bonchev–Trinajstić information content (AvgIpc) is 3.22. The summed E-state index contributed by atoms with van der Waals surface area (Å²) in [6, 6.07) is 8.89. The van der Waals surface area contributed by atoms with Gasteiger partial charge in [-0.05, 0) is 32.8 Å². The third kappa shape index (κ3) is 6.12. The van der Waals surface area contributed by atoms with Crippen LogP contribution in [0, 0.1) is 0 Å². The predicted octanol–water partition coefficient (Wildman–Crippen LogP) is 2.49. The Labute approximate surface area is 189 Å². The maximum atomic E-state index is 12.7. The number of hydrogen-bond donors (Lipinski definition) is 0. The number of methoxy groups -OCH3 is 1. The van der Waals surface area contributed by atoms with Gasteiger partial charge in [-0.1, -0.05) is 30.3 Å². The van der Waals surface area contributed by atoms with Crippen LogP contribution in [0.5, 0.6) is 0 Å². The highest BCUT2D eigenvalue weighted by Crippen LogP contribution is 2.26. The first-order valence-corrected chi connectivity index (χ1v) is 10.9. The molecule has 2 aliphatic rings. The van der Waals surface area contributed by atoms with Gasteiger partial charge >= 0.3 is 18.2 Å². The van der Waals surface area contributed by atoms with E-state index < -0.39 is 23.7 Å². The standard InChI is InChI=1S/C23H33N3O6/c1-23(2,3)32-22(29)26-15-18(14-19(26)20(27)30-4)24-10-12-25(13-11-24)21(28)31-16-17-8-6-5-7-9-17/h5-9,18-19H,10-16H2,1-4H3/t18-,19-/m0/s1. The number of likely N-dealkylation sites (tertiary alicyclic amines) is 1. The van der Waals surface area contributed by atoms with E-state index in [2.05, 4.69) is 4.90 Å². The summed E-state index contributed by atoms with van der Waals surface area (Å²) in [5, 5.41) is 0. The molecule has 3 rings (SSSR count). The van der Waals surface area contributed by atoms with Crippen LogP contribution < -0.4 is 0 Å². The van der Waals surface area contributed by atoms with Gasteiger partial charge in [-0.25, -0.2) is 14.4 Å². The van der Waals surface area contributed by atoms with E-state index in [1.807, 2.05) is 30.3 Å². The Morgan fingerprint density at radius 1 is 1.00 bits per heavy atom. The monoisotopic (exact) mass is 447 g/mol. The van der Waals surface area contributed by atoms with Gasteiger partial charge in [0.25, 0.3) is 0 Å². The summed E-state index contributed by atoms with van der Waals surface area (Å²) in [6.45, 7) is 8.34. The molecule has 2 aliphatic heterocycles. The zero-order chi connectivity index (χ0) is 23.3. The molecule has 2 heterocycles. The second kappa shape index (κ2) is 10.2. The van der Waals surface area contributed by atoms with Crippen LogP contribution in [0.15, 0.2) is 30.3 Å². The van der Waals surface area contributed by atoms with Gasteiger partial charge in [-0.2, -0.15) is 0 Å². The van der Waals surface area contributed by atoms with Gasteiger partial charge in [0, 0.05) is 38.8 Å². The van der Waals surface area contributed by atoms with Crippen molar-refractivity contribution in [2.24, 2.45) is 0 Å². The fraction of sp³-hybridized carbons (Fsp3) is 0.609. The minimum atomic E-state index is -0.672. The van der Waals surface area contributed by atoms with Crippen LogP contribution in [0.4, 0.5) is 9.59 Å². The molecule has 2 amide bonds. The molecule has 9 heteroatoms. The van der Waals surface area contributed by atoms with Crippen molar-refractivity contribution >= 4 is 18.2 Å². The van der Waals surface area contributed by atoms with Crippen LogP contribution in [0.3, 0.4) is 0 Å². The van der Waals surface area contributed by atoms with E-state index in [9.17, 15) is 14.4 Å². The number of carbonyl (C=O) groups excluding carboxylic acids is 3. The summed E-state index contributed by atoms with van der Waals surface area (Å²) >= 11 is 0. The Morgan fingerprint density at radius 3 is 2.25 bits per heavy atom. The topological polar surface area (TPSA) is 88.6 Å². The number of piperazine rings is 1. The molecule has 0 aliphatic carbocycles. The summed E-state index contributed by atoms with van der Waals surface area (Å²) in [6.07, 6.45) is -0.369. The lowest BCUT2D eigenvalue weighted by Crippen LogP contribution is -2.52. The second-order valence-electron chi connectivity index (χ2n) is 9.12. The molecule has 0 bridgehead atoms. The van der Waals surface area contributed by atoms with Gasteiger partial charge < -0.3 is 19.1 Å². The van der Waals surface area contributed by atoms with Gasteiger partial charge in [0.15, 0.2) is 0 Å². The van der Waals surface area contributed by atoms with Gasteiger partial charge in [0.2, 0.25) is 0 Å². The Morgan fingerprint density at radius 2 is 1.66 bits per heavy atom. The second-order valence-corrected chi connectivity index (χ2v) is 9.12. The highest BCUT2D eigenvalue weighted by Gasteiger charge is 2.44. The molecule has 0 spiro atoms. The average molecular weight is 448 g/mol. The quantitative estimate of drug-likeness (QED) is 0.518. The van der Waals surface area contributed by atoms with Crippen molar-refractivity contribution in [2.75, 3.05) is 39.8 Å². The van der Waals surface area contributed by atoms with E-state index in [1.54, 1.807) is 25.7 Å². The number of esters is 1. The Bertz CT molecular complexity index is 802. The highest BCUT2D eigenvalue weighted by molar-refractivity contribution is 5.82. The van der Waals surface area contributed by atoms with Gasteiger partial charge in [-0.3, -0.25) is 9.80 Å². The summed E-state index contributed by atoms with van der Waals surface area (Å²) in [5.74, 6) is -0.443. The van der Waals surface area contributed by atoms with Crippen molar-refractivity contribution < 1.29 is 28.6 Å². The first-order valence-electron chi connectivity index (χ1n) is 10.9. The Hall–Kier alpha value is -2.81. The zero-order valence-corrected chi connectivity index (χ0v) is 19.3. The summed E-state index contributed by atoms with van der Waals surface area (Å²) in [4.78, 5) is 42.7. The molecule has 0 aromatic heterocycles. The number of ether oxygens (including phenoxy) is 3. The van der Waals surface area contributed by atoms with Crippen LogP contribution in [-0.4, -0.2) is 90.4 Å². The van der Waals surface area contributed by atoms with E-state index >= 15 is 0 Å². The summed E-state index contributed by atoms with van der Waals surface area (Å²) in [7, 11) is 1.32. The molecule has 2 saturated heterocycles. The van der Waals surface area contributed by atoms with Crippen molar-refractivity contribution in [3.63, 3.8) is 0 Å². The van der Waals surface area contributed by atoms with E-state index in [1.165, 1.54) is 12.0 Å². The molecule has 9 nitrogen and oxygen atoms in total. The van der Waals surface area contributed by atoms with Gasteiger partial charge in [-0.15, -0.1) is 0 Å². The molecule has 32 heavy (non-hydrogen) atoms. The lowest BCUT2D eigenvalue weighted by molar-refractivity contribution is -0.145. The summed E-state index contributed by atoms with van der Waals surface area (Å²) < 4.78 is 15.8. The van der Waals surface area contributed by atoms with E-state index in [0.717, 1.165) is 5.56 Å². The van der Waals surface area contributed by atoms with Crippen molar-refractivity contribution in [1.82, 2.24) is 14.7 Å². The maximum Gasteiger partial charge on any atom is 0.411 e. The van der Waals surface area contributed by atoms with Crippen LogP contribution in [0.25, 0.3) is 0 Å². The van der Waals surface area contributed by atoms with Crippen LogP contribution in [-0.2, 0) is 25.6 Å². The molecule has 2 atom stereocenters. The van der Waals surface area contributed by atoms with Crippen molar-refractivity contribution in [2.45, 2.75) is 51.5 Å². The molecule has 2 fully saturated rings. The third-order valence-corrected chi connectivity index (χ3v) is 5.67. The SMILES string of the molecule is COC(=O)[C@@H]1C[C@H](N2CCN(C(=O)OCc3ccccc3)CC2)CN1C(=O)OC(C)(C)C. The molecular formula is C23H33N3O6. The van der Waals surface area contributed by atoms with Gasteiger partial charge in [0.05, 0.1) is 7.11 Å². The molecule has 0 unspecified atom stereocenters. The van der Waals surface area contributed by atoms with Gasteiger partial charge in [0.1, 0.15) is 18.2 Å². The molecule has 0 saturated carbocycles. The fourth-order valence-electron chi connectivity index (χ4n) is 4.04. The number of rotatable bonds is 4. The number of carbonyl (C=O) groups is 3. The van der Waals surface area contributed by atoms with E-state index in [4.69, 9.17) is 14.2 Å². The Balaban J connectivity index is 1.53. The number of nitrogens with zero attached hydrogens (tertiary/aromatic N) is 3. The Kier molecular flexibility index (Phi) is 7.60. The van der Waals surface area contributed by atoms with Crippen LogP contribution >= 0.6 is 0 Å². The minimum absolute atomic E-state index is 0.00546. The first-order chi connectivity index (χ1) is 15.2. The zero-order valence-electron chi connectivity index (χ0n) is 19.3. The normalized spacial score (nSPS) is 21.9. The van der Waals surface area contributed by atoms with Crippen molar-refractivity contribution in [3.05, 3.63) is 35.9 Å². The smallest absolute Gasteiger partial charge is 0.411 e. The van der Waals surface area contributed by atoms with E-state index in [-0.39, 0.29) is 18.7 Å². The number of hydrogen-bond acceptors (Lipinski definition) is 7. The number of benzene rings is 1. The van der Waals surface area contributed by atoms with Crippen molar-refractivity contribution in [1.29, 1.82) is 0 Å². The predicted molar refractivity (Wildman–Crippen MR) is 117 cm³/mol. The minimum Gasteiger partial charge on any atom is -0.467 e. The largest absolute Gasteiger partial charge is 0.467 e. The fourth-order valence-corrected chi connectivity index (χ4v) is 4.04. The maximum absolute atomic E-state index is 12.7. The highest BCUT2D eigenvalue weighted by atomic mass is 16.6. The van der Waals surface area contributed by atoms with Crippen molar-refractivity contribution in [3.8, 4) is 0 Å². The molecular weight excluding hydrogens is 414 g/mol. The molecule has 0 radical (unpaired) electrons. The molecule has 176 valence electrons. The molecule has 1 aromatic rings. The molecule has 0 N–H and O–H groups in total. The third-order valence-electron chi connectivity index (χ3n) is 5.67.